The van der Waals surface area contributed by atoms with Crippen LogP contribution in [0.4, 0.5) is 0 Å². The maximum Gasteiger partial charge on any atom is 0.339 e. The van der Waals surface area contributed by atoms with Gasteiger partial charge in [-0.05, 0) is 43.6 Å². The van der Waals surface area contributed by atoms with Gasteiger partial charge in [-0.1, -0.05) is 42.5 Å². The summed E-state index contributed by atoms with van der Waals surface area (Å²) < 4.78 is 1.67. The minimum atomic E-state index is -0.969. The third kappa shape index (κ3) is 3.39. The first-order valence-corrected chi connectivity index (χ1v) is 8.91. The fourth-order valence-corrected chi connectivity index (χ4v) is 3.47. The van der Waals surface area contributed by atoms with Crippen LogP contribution in [0.3, 0.4) is 0 Å². The molecule has 132 valence electrons. The average molecular weight is 347 g/mol. The highest BCUT2D eigenvalue weighted by Gasteiger charge is 2.18. The lowest BCUT2D eigenvalue weighted by molar-refractivity contribution is 0.0697. The van der Waals surface area contributed by atoms with Crippen molar-refractivity contribution in [1.29, 1.82) is 0 Å². The first kappa shape index (κ1) is 16.5. The predicted octanol–water partition coefficient (Wildman–Crippen LogP) is 3.83. The quantitative estimate of drug-likeness (QED) is 0.762. The first-order chi connectivity index (χ1) is 12.7. The van der Waals surface area contributed by atoms with Crippen LogP contribution in [0.15, 0.2) is 60.8 Å². The van der Waals surface area contributed by atoms with Crippen molar-refractivity contribution in [1.82, 2.24) is 14.7 Å². The molecule has 4 rings (SSSR count). The van der Waals surface area contributed by atoms with E-state index in [1.54, 1.807) is 10.9 Å². The molecule has 1 aliphatic rings. The van der Waals surface area contributed by atoms with Crippen LogP contribution in [0.1, 0.15) is 28.8 Å². The predicted molar refractivity (Wildman–Crippen MR) is 100 cm³/mol. The fraction of sp³-hybridized carbons (Fsp3) is 0.238. The Morgan fingerprint density at radius 3 is 2.54 bits per heavy atom. The molecular weight excluding hydrogens is 326 g/mol. The molecular formula is C21H21N3O2. The second kappa shape index (κ2) is 7.14. The van der Waals surface area contributed by atoms with Crippen LogP contribution >= 0.6 is 0 Å². The summed E-state index contributed by atoms with van der Waals surface area (Å²) in [5.74, 6) is -0.969. The van der Waals surface area contributed by atoms with Crippen LogP contribution in [0, 0.1) is 0 Å². The number of likely N-dealkylation sites (tertiary alicyclic amines) is 1. The number of hydrogen-bond acceptors (Lipinski definition) is 3. The van der Waals surface area contributed by atoms with Gasteiger partial charge in [0, 0.05) is 18.3 Å². The topological polar surface area (TPSA) is 58.4 Å². The molecule has 0 spiro atoms. The van der Waals surface area contributed by atoms with E-state index >= 15 is 0 Å². The van der Waals surface area contributed by atoms with Crippen molar-refractivity contribution in [3.05, 3.63) is 71.9 Å². The molecule has 0 unspecified atom stereocenters. The monoisotopic (exact) mass is 347 g/mol. The Labute approximate surface area is 152 Å². The van der Waals surface area contributed by atoms with Gasteiger partial charge in [-0.2, -0.15) is 5.10 Å². The largest absolute Gasteiger partial charge is 0.478 e. The van der Waals surface area contributed by atoms with E-state index in [1.807, 2.05) is 42.5 Å². The Morgan fingerprint density at radius 2 is 1.81 bits per heavy atom. The van der Waals surface area contributed by atoms with Gasteiger partial charge in [-0.3, -0.25) is 4.90 Å². The van der Waals surface area contributed by atoms with Gasteiger partial charge in [0.05, 0.1) is 5.69 Å². The Hall–Kier alpha value is -2.92. The van der Waals surface area contributed by atoms with E-state index in [0.29, 0.717) is 5.69 Å². The van der Waals surface area contributed by atoms with Crippen molar-refractivity contribution < 1.29 is 9.90 Å². The lowest BCUT2D eigenvalue weighted by atomic mass is 10.1. The zero-order chi connectivity index (χ0) is 17.9. The van der Waals surface area contributed by atoms with Crippen molar-refractivity contribution in [3.8, 4) is 16.9 Å². The number of rotatable bonds is 5. The number of hydrogen-bond donors (Lipinski definition) is 1. The molecule has 0 radical (unpaired) electrons. The van der Waals surface area contributed by atoms with Crippen LogP contribution in [-0.4, -0.2) is 38.8 Å². The molecule has 1 saturated heterocycles. The van der Waals surface area contributed by atoms with Gasteiger partial charge in [-0.25, -0.2) is 9.48 Å². The van der Waals surface area contributed by atoms with Crippen molar-refractivity contribution in [2.24, 2.45) is 0 Å². The third-order valence-corrected chi connectivity index (χ3v) is 4.77. The highest BCUT2D eigenvalue weighted by molar-refractivity contribution is 5.94. The molecule has 0 bridgehead atoms. The van der Waals surface area contributed by atoms with Crippen molar-refractivity contribution in [3.63, 3.8) is 0 Å². The molecule has 1 fully saturated rings. The fourth-order valence-electron chi connectivity index (χ4n) is 3.47. The Bertz CT molecular complexity index is 912. The van der Waals surface area contributed by atoms with E-state index in [4.69, 9.17) is 0 Å². The van der Waals surface area contributed by atoms with Gasteiger partial charge < -0.3 is 5.11 Å². The van der Waals surface area contributed by atoms with Crippen LogP contribution in [-0.2, 0) is 6.54 Å². The summed E-state index contributed by atoms with van der Waals surface area (Å²) in [5, 5.41) is 14.1. The maximum atomic E-state index is 11.7. The Morgan fingerprint density at radius 1 is 1.04 bits per heavy atom. The summed E-state index contributed by atoms with van der Waals surface area (Å²) in [5.41, 5.74) is 3.60. The smallest absolute Gasteiger partial charge is 0.339 e. The molecule has 1 N–H and O–H groups in total. The minimum absolute atomic E-state index is 0.209. The van der Waals surface area contributed by atoms with E-state index in [0.717, 1.165) is 30.9 Å². The van der Waals surface area contributed by atoms with E-state index in [2.05, 4.69) is 22.1 Å². The van der Waals surface area contributed by atoms with Gasteiger partial charge in [0.15, 0.2) is 0 Å². The van der Waals surface area contributed by atoms with E-state index in [-0.39, 0.29) is 5.56 Å². The van der Waals surface area contributed by atoms with Crippen LogP contribution in [0.2, 0.25) is 0 Å². The molecule has 0 amide bonds. The summed E-state index contributed by atoms with van der Waals surface area (Å²) in [6, 6.07) is 17.6. The molecule has 5 nitrogen and oxygen atoms in total. The van der Waals surface area contributed by atoms with Gasteiger partial charge in [0.2, 0.25) is 0 Å². The number of carboxylic acids is 1. The summed E-state index contributed by atoms with van der Waals surface area (Å²) in [7, 11) is 0. The minimum Gasteiger partial charge on any atom is -0.478 e. The van der Waals surface area contributed by atoms with Crippen LogP contribution in [0.5, 0.6) is 0 Å². The van der Waals surface area contributed by atoms with E-state index in [1.165, 1.54) is 18.4 Å². The van der Waals surface area contributed by atoms with E-state index in [9.17, 15) is 9.90 Å². The highest BCUT2D eigenvalue weighted by Crippen LogP contribution is 2.24. The lowest BCUT2D eigenvalue weighted by Gasteiger charge is -2.15. The maximum absolute atomic E-state index is 11.7. The molecule has 2 heterocycles. The normalized spacial score (nSPS) is 14.6. The first-order valence-electron chi connectivity index (χ1n) is 8.91. The molecule has 0 atom stereocenters. The second-order valence-electron chi connectivity index (χ2n) is 6.66. The van der Waals surface area contributed by atoms with Crippen molar-refractivity contribution >= 4 is 5.97 Å². The zero-order valence-corrected chi connectivity index (χ0v) is 14.5. The molecule has 5 heteroatoms. The molecule has 1 aromatic heterocycles. The summed E-state index contributed by atoms with van der Waals surface area (Å²) in [6.45, 7) is 3.22. The molecule has 0 aliphatic carbocycles. The third-order valence-electron chi connectivity index (χ3n) is 4.77. The van der Waals surface area contributed by atoms with E-state index < -0.39 is 5.97 Å². The zero-order valence-electron chi connectivity index (χ0n) is 14.5. The van der Waals surface area contributed by atoms with Crippen molar-refractivity contribution in [2.75, 3.05) is 13.1 Å². The average Bonchev–Trinajstić information content (AvgIpc) is 3.32. The number of benzene rings is 2. The summed E-state index contributed by atoms with van der Waals surface area (Å²) >= 11 is 0. The summed E-state index contributed by atoms with van der Waals surface area (Å²) in [4.78, 5) is 14.1. The summed E-state index contributed by atoms with van der Waals surface area (Å²) in [6.07, 6.45) is 4.13. The number of carboxylic acid groups (broad SMARTS) is 1. The van der Waals surface area contributed by atoms with Crippen LogP contribution < -0.4 is 0 Å². The number of aromatic nitrogens is 2. The van der Waals surface area contributed by atoms with Crippen molar-refractivity contribution in [2.45, 2.75) is 19.4 Å². The van der Waals surface area contributed by atoms with Gasteiger partial charge in [-0.15, -0.1) is 0 Å². The SMILES string of the molecule is O=C(O)c1cn(-c2cccc(CN3CCCC3)c2)nc1-c1ccccc1. The number of carbonyl (C=O) groups is 1. The Balaban J connectivity index is 1.68. The molecule has 3 aromatic rings. The molecule has 1 aliphatic heterocycles. The molecule has 2 aromatic carbocycles. The van der Waals surface area contributed by atoms with Gasteiger partial charge in [0.1, 0.15) is 11.3 Å². The number of aromatic carboxylic acids is 1. The highest BCUT2D eigenvalue weighted by atomic mass is 16.4. The standard InChI is InChI=1S/C21H21N3O2/c25-21(26)19-15-24(22-20(19)17-8-2-1-3-9-17)18-10-6-7-16(13-18)14-23-11-4-5-12-23/h1-3,6-10,13,15H,4-5,11-12,14H2,(H,25,26). The lowest BCUT2D eigenvalue weighted by Crippen LogP contribution is -2.18. The molecule has 26 heavy (non-hydrogen) atoms. The van der Waals surface area contributed by atoms with Crippen LogP contribution in [0.25, 0.3) is 16.9 Å². The second-order valence-corrected chi connectivity index (χ2v) is 6.66. The van der Waals surface area contributed by atoms with Gasteiger partial charge >= 0.3 is 5.97 Å². The Kier molecular flexibility index (Phi) is 4.54. The van der Waals surface area contributed by atoms with Gasteiger partial charge in [0.25, 0.3) is 0 Å². The molecule has 0 saturated carbocycles. The number of nitrogens with zero attached hydrogens (tertiary/aromatic N) is 3.